The summed E-state index contributed by atoms with van der Waals surface area (Å²) in [4.78, 5) is 0. The SMILES string of the molecule is COC[C@@]12CC=CC[C@@H]3[C@H]4[C@@H](C[C@@H]31)[C@H]42. The molecule has 6 bridgehead atoms. The minimum atomic E-state index is 0.585. The van der Waals surface area contributed by atoms with Crippen molar-refractivity contribution in [2.45, 2.75) is 19.3 Å². The van der Waals surface area contributed by atoms with Crippen molar-refractivity contribution in [3.8, 4) is 0 Å². The van der Waals surface area contributed by atoms with Gasteiger partial charge in [0.05, 0.1) is 6.61 Å². The summed E-state index contributed by atoms with van der Waals surface area (Å²) in [5.74, 6) is 5.33. The summed E-state index contributed by atoms with van der Waals surface area (Å²) in [5.41, 5.74) is 0.585. The molecule has 0 aromatic heterocycles. The Labute approximate surface area is 85.5 Å². The monoisotopic (exact) mass is 190 g/mol. The summed E-state index contributed by atoms with van der Waals surface area (Å²) < 4.78 is 5.52. The Bertz CT molecular complexity index is 308. The zero-order chi connectivity index (χ0) is 9.34. The van der Waals surface area contributed by atoms with E-state index in [2.05, 4.69) is 12.2 Å². The molecule has 5 aliphatic carbocycles. The molecule has 0 spiro atoms. The molecule has 1 heteroatoms. The highest BCUT2D eigenvalue weighted by Gasteiger charge is 2.78. The minimum absolute atomic E-state index is 0.585. The lowest BCUT2D eigenvalue weighted by molar-refractivity contribution is 0.0446. The van der Waals surface area contributed by atoms with E-state index in [4.69, 9.17) is 4.74 Å². The zero-order valence-electron chi connectivity index (χ0n) is 8.78. The van der Waals surface area contributed by atoms with Crippen molar-refractivity contribution < 1.29 is 4.74 Å². The second-order valence-electron chi connectivity index (χ2n) is 5.85. The molecule has 0 aromatic rings. The molecule has 0 saturated heterocycles. The average molecular weight is 190 g/mol. The van der Waals surface area contributed by atoms with Gasteiger partial charge in [-0.3, -0.25) is 0 Å². The summed E-state index contributed by atoms with van der Waals surface area (Å²) in [7, 11) is 1.88. The molecule has 5 aliphatic rings. The van der Waals surface area contributed by atoms with Gasteiger partial charge in [0.25, 0.3) is 0 Å². The van der Waals surface area contributed by atoms with Crippen LogP contribution >= 0.6 is 0 Å². The van der Waals surface area contributed by atoms with Gasteiger partial charge >= 0.3 is 0 Å². The Hall–Kier alpha value is -0.300. The first-order valence-corrected chi connectivity index (χ1v) is 6.02. The third kappa shape index (κ3) is 0.641. The molecule has 0 amide bonds. The van der Waals surface area contributed by atoms with E-state index in [1.54, 1.807) is 0 Å². The maximum absolute atomic E-state index is 5.52. The first-order chi connectivity index (χ1) is 6.88. The number of ether oxygens (including phenoxy) is 1. The van der Waals surface area contributed by atoms with Crippen LogP contribution in [-0.2, 0) is 4.74 Å². The molecular weight excluding hydrogens is 172 g/mol. The highest BCUT2D eigenvalue weighted by Crippen LogP contribution is 2.82. The maximum atomic E-state index is 5.52. The molecule has 5 rings (SSSR count). The van der Waals surface area contributed by atoms with Crippen LogP contribution in [0, 0.1) is 35.0 Å². The maximum Gasteiger partial charge on any atom is 0.0527 e. The van der Waals surface area contributed by atoms with Crippen LogP contribution in [-0.4, -0.2) is 13.7 Å². The van der Waals surface area contributed by atoms with E-state index in [1.165, 1.54) is 19.3 Å². The molecule has 0 radical (unpaired) electrons. The van der Waals surface area contributed by atoms with Crippen molar-refractivity contribution in [3.05, 3.63) is 12.2 Å². The van der Waals surface area contributed by atoms with Crippen LogP contribution in [0.25, 0.3) is 0 Å². The number of methoxy groups -OCH3 is 1. The Morgan fingerprint density at radius 2 is 2.29 bits per heavy atom. The molecule has 1 nitrogen and oxygen atoms in total. The molecule has 0 unspecified atom stereocenters. The fourth-order valence-corrected chi connectivity index (χ4v) is 5.44. The smallest absolute Gasteiger partial charge is 0.0527 e. The number of rotatable bonds is 2. The third-order valence-electron chi connectivity index (χ3n) is 5.65. The number of allylic oxidation sites excluding steroid dienone is 2. The summed E-state index contributed by atoms with van der Waals surface area (Å²) in [6.07, 6.45) is 9.08. The molecule has 0 aromatic carbocycles. The van der Waals surface area contributed by atoms with Crippen LogP contribution in [0.5, 0.6) is 0 Å². The van der Waals surface area contributed by atoms with Crippen molar-refractivity contribution >= 4 is 0 Å². The molecular formula is C13H18O. The van der Waals surface area contributed by atoms with Crippen LogP contribution in [0.4, 0.5) is 0 Å². The Morgan fingerprint density at radius 3 is 3.07 bits per heavy atom. The lowest BCUT2D eigenvalue weighted by Gasteiger charge is -2.32. The van der Waals surface area contributed by atoms with Gasteiger partial charge in [-0.25, -0.2) is 0 Å². The Morgan fingerprint density at radius 1 is 1.36 bits per heavy atom. The summed E-state index contributed by atoms with van der Waals surface area (Å²) >= 11 is 0. The highest BCUT2D eigenvalue weighted by atomic mass is 16.5. The van der Waals surface area contributed by atoms with Crippen LogP contribution in [0.1, 0.15) is 19.3 Å². The van der Waals surface area contributed by atoms with E-state index in [9.17, 15) is 0 Å². The van der Waals surface area contributed by atoms with Gasteiger partial charge in [-0.1, -0.05) is 12.2 Å². The summed E-state index contributed by atoms with van der Waals surface area (Å²) in [5, 5.41) is 0. The second kappa shape index (κ2) is 2.27. The van der Waals surface area contributed by atoms with Crippen molar-refractivity contribution in [1.29, 1.82) is 0 Å². The zero-order valence-corrected chi connectivity index (χ0v) is 8.78. The first kappa shape index (κ1) is 7.92. The van der Waals surface area contributed by atoms with Crippen LogP contribution in [0.3, 0.4) is 0 Å². The van der Waals surface area contributed by atoms with E-state index in [1.807, 2.05) is 7.11 Å². The van der Waals surface area contributed by atoms with Crippen molar-refractivity contribution in [2.24, 2.45) is 35.0 Å². The summed E-state index contributed by atoms with van der Waals surface area (Å²) in [6, 6.07) is 0. The number of hydrogen-bond donors (Lipinski definition) is 0. The van der Waals surface area contributed by atoms with E-state index in [0.717, 1.165) is 36.2 Å². The Balaban J connectivity index is 1.79. The van der Waals surface area contributed by atoms with E-state index < -0.39 is 0 Å². The largest absolute Gasteiger partial charge is 0.384 e. The summed E-state index contributed by atoms with van der Waals surface area (Å²) in [6.45, 7) is 1.02. The van der Waals surface area contributed by atoms with Gasteiger partial charge in [0.1, 0.15) is 0 Å². The molecule has 0 N–H and O–H groups in total. The van der Waals surface area contributed by atoms with E-state index >= 15 is 0 Å². The fraction of sp³-hybridized carbons (Fsp3) is 0.846. The quantitative estimate of drug-likeness (QED) is 0.608. The van der Waals surface area contributed by atoms with Gasteiger partial charge in [0.15, 0.2) is 0 Å². The van der Waals surface area contributed by atoms with Crippen molar-refractivity contribution in [1.82, 2.24) is 0 Å². The number of hydrogen-bond acceptors (Lipinski definition) is 1. The molecule has 0 heterocycles. The van der Waals surface area contributed by atoms with Crippen LogP contribution in [0.2, 0.25) is 0 Å². The minimum Gasteiger partial charge on any atom is -0.384 e. The molecule has 0 aliphatic heterocycles. The van der Waals surface area contributed by atoms with Gasteiger partial charge in [0.2, 0.25) is 0 Å². The average Bonchev–Trinajstić information content (AvgIpc) is 2.59. The second-order valence-corrected chi connectivity index (χ2v) is 5.85. The highest BCUT2D eigenvalue weighted by molar-refractivity contribution is 5.28. The van der Waals surface area contributed by atoms with Crippen LogP contribution in [0.15, 0.2) is 12.2 Å². The predicted octanol–water partition coefficient (Wildman–Crippen LogP) is 2.48. The molecule has 4 fully saturated rings. The molecule has 76 valence electrons. The topological polar surface area (TPSA) is 9.23 Å². The third-order valence-corrected chi connectivity index (χ3v) is 5.65. The van der Waals surface area contributed by atoms with Crippen molar-refractivity contribution in [3.63, 3.8) is 0 Å². The van der Waals surface area contributed by atoms with Crippen LogP contribution < -0.4 is 0 Å². The normalized spacial score (nSPS) is 61.6. The van der Waals surface area contributed by atoms with Gasteiger partial charge < -0.3 is 4.74 Å². The lowest BCUT2D eigenvalue weighted by atomic mass is 9.75. The first-order valence-electron chi connectivity index (χ1n) is 6.02. The molecule has 14 heavy (non-hydrogen) atoms. The Kier molecular flexibility index (Phi) is 1.28. The molecule has 4 saturated carbocycles. The lowest BCUT2D eigenvalue weighted by Crippen LogP contribution is -2.31. The fourth-order valence-electron chi connectivity index (χ4n) is 5.44. The van der Waals surface area contributed by atoms with Crippen molar-refractivity contribution in [2.75, 3.05) is 13.7 Å². The van der Waals surface area contributed by atoms with E-state index in [-0.39, 0.29) is 0 Å². The van der Waals surface area contributed by atoms with Gasteiger partial charge in [-0.15, -0.1) is 0 Å². The standard InChI is InChI=1S/C13H18O/c1-14-7-13-5-3-2-4-8-10(13)6-9-11(8)12(9)13/h2-3,8-12H,4-7H2,1H3/t8-,9+,10-,11-,12+,13-/m0/s1. The van der Waals surface area contributed by atoms with Gasteiger partial charge in [0, 0.05) is 12.5 Å². The molecule has 6 atom stereocenters. The van der Waals surface area contributed by atoms with Gasteiger partial charge in [-0.05, 0) is 48.9 Å². The van der Waals surface area contributed by atoms with Gasteiger partial charge in [-0.2, -0.15) is 0 Å². The predicted molar refractivity (Wildman–Crippen MR) is 54.8 cm³/mol. The van der Waals surface area contributed by atoms with E-state index in [0.29, 0.717) is 5.41 Å².